The Kier molecular flexibility index (Phi) is 5.87. The van der Waals surface area contributed by atoms with Crippen molar-refractivity contribution in [3.05, 3.63) is 0 Å². The minimum Gasteiger partial charge on any atom is -0.480 e. The van der Waals surface area contributed by atoms with E-state index in [0.717, 1.165) is 6.42 Å². The topological polar surface area (TPSA) is 99.1 Å². The Labute approximate surface area is 106 Å². The normalized spacial score (nSPS) is 23.1. The van der Waals surface area contributed by atoms with Crippen LogP contribution in [0.15, 0.2) is 0 Å². The van der Waals surface area contributed by atoms with E-state index in [1.807, 2.05) is 6.92 Å². The highest BCUT2D eigenvalue weighted by Crippen LogP contribution is 2.23. The molecular formula is C11H20N2O5. The van der Waals surface area contributed by atoms with Crippen molar-refractivity contribution >= 4 is 12.0 Å². The Morgan fingerprint density at radius 3 is 2.83 bits per heavy atom. The van der Waals surface area contributed by atoms with Gasteiger partial charge in [0, 0.05) is 13.1 Å². The molecule has 1 aliphatic rings. The molecule has 3 N–H and O–H groups in total. The molecule has 2 unspecified atom stereocenters. The summed E-state index contributed by atoms with van der Waals surface area (Å²) in [5.41, 5.74) is 0. The van der Waals surface area contributed by atoms with E-state index in [1.165, 1.54) is 0 Å². The van der Waals surface area contributed by atoms with Crippen molar-refractivity contribution in [2.45, 2.75) is 19.4 Å². The third-order valence-electron chi connectivity index (χ3n) is 3.08. The molecule has 7 nitrogen and oxygen atoms in total. The van der Waals surface area contributed by atoms with Crippen molar-refractivity contribution in [2.75, 3.05) is 32.9 Å². The third-order valence-corrected chi connectivity index (χ3v) is 3.08. The molecule has 0 bridgehead atoms. The molecule has 0 aromatic carbocycles. The zero-order valence-electron chi connectivity index (χ0n) is 10.5. The number of hydrogen-bond acceptors (Lipinski definition) is 4. The van der Waals surface area contributed by atoms with Gasteiger partial charge in [-0.2, -0.15) is 0 Å². The number of carboxylic acids is 1. The molecule has 0 radical (unpaired) electrons. The summed E-state index contributed by atoms with van der Waals surface area (Å²) < 4.78 is 4.80. The maximum Gasteiger partial charge on any atom is 0.329 e. The smallest absolute Gasteiger partial charge is 0.329 e. The number of ether oxygens (including phenoxy) is 1. The molecule has 104 valence electrons. The van der Waals surface area contributed by atoms with Gasteiger partial charge in [-0.15, -0.1) is 0 Å². The number of aliphatic hydroxyl groups is 1. The van der Waals surface area contributed by atoms with Crippen LogP contribution in [0.4, 0.5) is 4.79 Å². The number of likely N-dealkylation sites (tertiary alicyclic amines) is 1. The first-order chi connectivity index (χ1) is 8.56. The molecule has 1 fully saturated rings. The van der Waals surface area contributed by atoms with Gasteiger partial charge in [-0.1, -0.05) is 6.92 Å². The van der Waals surface area contributed by atoms with Gasteiger partial charge in [-0.3, -0.25) is 0 Å². The zero-order valence-corrected chi connectivity index (χ0v) is 10.5. The van der Waals surface area contributed by atoms with Gasteiger partial charge in [-0.05, 0) is 12.3 Å². The van der Waals surface area contributed by atoms with Crippen molar-refractivity contribution in [3.63, 3.8) is 0 Å². The fraction of sp³-hybridized carbons (Fsp3) is 0.818. The SMILES string of the molecule is CC1CCN(C(=O)NCCOCC(=O)O)C1CO. The van der Waals surface area contributed by atoms with E-state index in [1.54, 1.807) is 4.90 Å². The number of aliphatic carboxylic acids is 1. The summed E-state index contributed by atoms with van der Waals surface area (Å²) in [6, 6.07) is -0.373. The summed E-state index contributed by atoms with van der Waals surface area (Å²) in [6.07, 6.45) is 0.883. The van der Waals surface area contributed by atoms with Crippen LogP contribution in [-0.2, 0) is 9.53 Å². The summed E-state index contributed by atoms with van der Waals surface area (Å²) in [5, 5.41) is 20.2. The van der Waals surface area contributed by atoms with E-state index in [2.05, 4.69) is 5.32 Å². The number of carboxylic acid groups (broad SMARTS) is 1. The van der Waals surface area contributed by atoms with Gasteiger partial charge in [-0.25, -0.2) is 9.59 Å². The number of carbonyl (C=O) groups is 2. The molecule has 1 saturated heterocycles. The average Bonchev–Trinajstić information content (AvgIpc) is 2.69. The summed E-state index contributed by atoms with van der Waals surface area (Å²) in [5.74, 6) is -0.737. The van der Waals surface area contributed by atoms with Gasteiger partial charge in [0.25, 0.3) is 0 Å². The molecule has 0 spiro atoms. The molecule has 18 heavy (non-hydrogen) atoms. The largest absolute Gasteiger partial charge is 0.480 e. The van der Waals surface area contributed by atoms with E-state index in [4.69, 9.17) is 9.84 Å². The first kappa shape index (κ1) is 14.7. The molecule has 0 saturated carbocycles. The maximum atomic E-state index is 11.8. The third kappa shape index (κ3) is 4.15. The number of carbonyl (C=O) groups excluding carboxylic acids is 1. The molecule has 7 heteroatoms. The van der Waals surface area contributed by atoms with Crippen molar-refractivity contribution in [2.24, 2.45) is 5.92 Å². The van der Waals surface area contributed by atoms with Crippen LogP contribution in [0.2, 0.25) is 0 Å². The Morgan fingerprint density at radius 1 is 1.50 bits per heavy atom. The second-order valence-corrected chi connectivity index (χ2v) is 4.39. The molecular weight excluding hydrogens is 240 g/mol. The molecule has 2 amide bonds. The van der Waals surface area contributed by atoms with E-state index in [-0.39, 0.29) is 38.4 Å². The van der Waals surface area contributed by atoms with Crippen LogP contribution in [0.5, 0.6) is 0 Å². The van der Waals surface area contributed by atoms with E-state index < -0.39 is 5.97 Å². The fourth-order valence-corrected chi connectivity index (χ4v) is 2.03. The van der Waals surface area contributed by atoms with E-state index >= 15 is 0 Å². The standard InChI is InChI=1S/C11H20N2O5/c1-8-2-4-13(9(8)6-14)11(17)12-3-5-18-7-10(15)16/h8-9,14H,2-7H2,1H3,(H,12,17)(H,15,16). The first-order valence-electron chi connectivity index (χ1n) is 6.01. The highest BCUT2D eigenvalue weighted by atomic mass is 16.5. The Bertz CT molecular complexity index is 297. The van der Waals surface area contributed by atoms with Crippen LogP contribution in [0.3, 0.4) is 0 Å². The molecule has 2 atom stereocenters. The van der Waals surface area contributed by atoms with Crippen molar-refractivity contribution in [1.29, 1.82) is 0 Å². The predicted octanol–water partition coefficient (Wildman–Crippen LogP) is -0.500. The Morgan fingerprint density at radius 2 is 2.22 bits per heavy atom. The highest BCUT2D eigenvalue weighted by molar-refractivity contribution is 5.75. The van der Waals surface area contributed by atoms with Crippen LogP contribution in [-0.4, -0.2) is 66.1 Å². The minimum atomic E-state index is -1.03. The fourth-order valence-electron chi connectivity index (χ4n) is 2.03. The summed E-state index contributed by atoms with van der Waals surface area (Å²) >= 11 is 0. The number of amides is 2. The Hall–Kier alpha value is -1.34. The zero-order chi connectivity index (χ0) is 13.5. The maximum absolute atomic E-state index is 11.8. The van der Waals surface area contributed by atoms with Gasteiger partial charge in [0.2, 0.25) is 0 Å². The van der Waals surface area contributed by atoms with Crippen LogP contribution in [0.1, 0.15) is 13.3 Å². The second-order valence-electron chi connectivity index (χ2n) is 4.39. The quantitative estimate of drug-likeness (QED) is 0.559. The van der Waals surface area contributed by atoms with Crippen LogP contribution >= 0.6 is 0 Å². The van der Waals surface area contributed by atoms with Crippen molar-refractivity contribution in [3.8, 4) is 0 Å². The lowest BCUT2D eigenvalue weighted by Crippen LogP contribution is -2.46. The number of urea groups is 1. The highest BCUT2D eigenvalue weighted by Gasteiger charge is 2.33. The van der Waals surface area contributed by atoms with E-state index in [0.29, 0.717) is 12.5 Å². The number of aliphatic hydroxyl groups excluding tert-OH is 1. The van der Waals surface area contributed by atoms with Gasteiger partial charge < -0.3 is 25.2 Å². The molecule has 1 rings (SSSR count). The molecule has 0 aromatic heterocycles. The van der Waals surface area contributed by atoms with Crippen LogP contribution < -0.4 is 5.32 Å². The van der Waals surface area contributed by atoms with Gasteiger partial charge in [0.05, 0.1) is 19.3 Å². The average molecular weight is 260 g/mol. The van der Waals surface area contributed by atoms with Gasteiger partial charge in [0.15, 0.2) is 0 Å². The van der Waals surface area contributed by atoms with E-state index in [9.17, 15) is 14.7 Å². The van der Waals surface area contributed by atoms with Crippen molar-refractivity contribution in [1.82, 2.24) is 10.2 Å². The van der Waals surface area contributed by atoms with Gasteiger partial charge in [0.1, 0.15) is 6.61 Å². The second kappa shape index (κ2) is 7.17. The number of nitrogens with one attached hydrogen (secondary N) is 1. The first-order valence-corrected chi connectivity index (χ1v) is 6.01. The molecule has 1 aliphatic heterocycles. The number of hydrogen-bond donors (Lipinski definition) is 3. The lowest BCUT2D eigenvalue weighted by atomic mass is 10.0. The minimum absolute atomic E-state index is 0.0376. The van der Waals surface area contributed by atoms with Crippen molar-refractivity contribution < 1.29 is 24.5 Å². The predicted molar refractivity (Wildman–Crippen MR) is 63.2 cm³/mol. The number of rotatable bonds is 6. The van der Waals surface area contributed by atoms with Crippen LogP contribution in [0.25, 0.3) is 0 Å². The summed E-state index contributed by atoms with van der Waals surface area (Å²) in [6.45, 7) is 2.65. The molecule has 0 aliphatic carbocycles. The Balaban J connectivity index is 2.22. The lowest BCUT2D eigenvalue weighted by Gasteiger charge is -2.25. The molecule has 1 heterocycles. The summed E-state index contributed by atoms with van der Waals surface area (Å²) in [7, 11) is 0. The monoisotopic (exact) mass is 260 g/mol. The van der Waals surface area contributed by atoms with Gasteiger partial charge >= 0.3 is 12.0 Å². The molecule has 0 aromatic rings. The number of nitrogens with zero attached hydrogens (tertiary/aromatic N) is 1. The lowest BCUT2D eigenvalue weighted by molar-refractivity contribution is -0.142. The van der Waals surface area contributed by atoms with Crippen LogP contribution in [0, 0.1) is 5.92 Å². The summed E-state index contributed by atoms with van der Waals surface area (Å²) in [4.78, 5) is 23.6.